The van der Waals surface area contributed by atoms with Crippen LogP contribution in [0.3, 0.4) is 0 Å². The quantitative estimate of drug-likeness (QED) is 0.707. The van der Waals surface area contributed by atoms with E-state index in [0.717, 1.165) is 43.6 Å². The van der Waals surface area contributed by atoms with Crippen molar-refractivity contribution < 1.29 is 14.1 Å². The van der Waals surface area contributed by atoms with Crippen molar-refractivity contribution in [3.8, 4) is 0 Å². The highest BCUT2D eigenvalue weighted by atomic mass is 16.2. The largest absolute Gasteiger partial charge is 0.338 e. The number of piperazine rings is 2. The number of benzene rings is 1. The number of quaternary nitrogens is 1. The number of rotatable bonds is 6. The molecule has 0 saturated carbocycles. The first-order valence-corrected chi connectivity index (χ1v) is 12.0. The molecule has 3 amide bonds. The fourth-order valence-corrected chi connectivity index (χ4v) is 5.53. The van der Waals surface area contributed by atoms with Crippen molar-refractivity contribution in [1.82, 2.24) is 15.1 Å². The van der Waals surface area contributed by atoms with E-state index in [1.807, 2.05) is 17.9 Å². The number of hydrogen-bond acceptors (Lipinski definition) is 2. The van der Waals surface area contributed by atoms with Crippen LogP contribution in [0.25, 0.3) is 0 Å². The van der Waals surface area contributed by atoms with Gasteiger partial charge in [0.05, 0.1) is 25.7 Å². The van der Waals surface area contributed by atoms with Gasteiger partial charge in [-0.3, -0.25) is 4.79 Å². The molecule has 1 spiro atoms. The Labute approximate surface area is 188 Å². The predicted octanol–water partition coefficient (Wildman–Crippen LogP) is 2.98. The molecule has 2 heterocycles. The minimum atomic E-state index is 0.0271. The molecule has 1 aromatic rings. The zero-order valence-corrected chi connectivity index (χ0v) is 20.0. The van der Waals surface area contributed by atoms with Crippen molar-refractivity contribution in [2.24, 2.45) is 11.8 Å². The van der Waals surface area contributed by atoms with Crippen LogP contribution in [-0.2, 0) is 11.2 Å². The summed E-state index contributed by atoms with van der Waals surface area (Å²) in [4.78, 5) is 30.1. The molecule has 3 rings (SSSR count). The maximum absolute atomic E-state index is 13.5. The summed E-state index contributed by atoms with van der Waals surface area (Å²) in [6, 6.07) is 11.0. The summed E-state index contributed by atoms with van der Waals surface area (Å²) in [6.07, 6.45) is 0.897. The van der Waals surface area contributed by atoms with Crippen molar-refractivity contribution in [2.45, 2.75) is 53.1 Å². The second-order valence-corrected chi connectivity index (χ2v) is 10.0. The maximum Gasteiger partial charge on any atom is 0.317 e. The molecular weight excluding hydrogens is 388 g/mol. The van der Waals surface area contributed by atoms with Gasteiger partial charge in [-0.1, -0.05) is 58.0 Å². The summed E-state index contributed by atoms with van der Waals surface area (Å²) < 4.78 is 0.830. The molecule has 1 unspecified atom stereocenters. The molecule has 1 aromatic carbocycles. The molecule has 2 fully saturated rings. The highest BCUT2D eigenvalue weighted by Crippen LogP contribution is 2.32. The molecule has 2 aliphatic heterocycles. The smallest absolute Gasteiger partial charge is 0.317 e. The molecule has 3 atom stereocenters. The second kappa shape index (κ2) is 10.0. The number of carbonyl (C=O) groups is 2. The number of carbonyl (C=O) groups excluding carboxylic acids is 2. The molecule has 6 nitrogen and oxygen atoms in total. The van der Waals surface area contributed by atoms with Gasteiger partial charge in [0.2, 0.25) is 0 Å². The van der Waals surface area contributed by atoms with Gasteiger partial charge in [-0.25, -0.2) is 4.79 Å². The Hall–Kier alpha value is -2.08. The van der Waals surface area contributed by atoms with Crippen molar-refractivity contribution in [3.63, 3.8) is 0 Å². The van der Waals surface area contributed by atoms with Gasteiger partial charge in [0, 0.05) is 19.0 Å². The van der Waals surface area contributed by atoms with Gasteiger partial charge in [0.25, 0.3) is 5.91 Å². The Kier molecular flexibility index (Phi) is 7.63. The van der Waals surface area contributed by atoms with Crippen LogP contribution in [0.5, 0.6) is 0 Å². The Balaban J connectivity index is 1.78. The Morgan fingerprint density at radius 2 is 1.87 bits per heavy atom. The number of nitrogens with one attached hydrogen (secondary N) is 1. The van der Waals surface area contributed by atoms with Crippen LogP contribution in [0.15, 0.2) is 30.3 Å². The topological polar surface area (TPSA) is 52.7 Å². The van der Waals surface area contributed by atoms with Crippen molar-refractivity contribution >= 4 is 11.9 Å². The molecule has 0 aromatic heterocycles. The van der Waals surface area contributed by atoms with Gasteiger partial charge in [0.15, 0.2) is 6.54 Å². The third-order valence-electron chi connectivity index (χ3n) is 7.29. The maximum atomic E-state index is 13.5. The van der Waals surface area contributed by atoms with E-state index in [9.17, 15) is 9.59 Å². The molecule has 0 radical (unpaired) electrons. The molecule has 172 valence electrons. The number of amides is 3. The zero-order chi connectivity index (χ0) is 22.6. The minimum Gasteiger partial charge on any atom is -0.338 e. The van der Waals surface area contributed by atoms with Crippen LogP contribution in [0.4, 0.5) is 4.79 Å². The minimum absolute atomic E-state index is 0.0271. The Morgan fingerprint density at radius 3 is 2.48 bits per heavy atom. The molecular formula is C25H41N4O2+. The molecule has 6 heteroatoms. The fraction of sp³-hybridized carbons (Fsp3) is 0.680. The van der Waals surface area contributed by atoms with E-state index in [1.165, 1.54) is 5.56 Å². The van der Waals surface area contributed by atoms with Gasteiger partial charge in [-0.2, -0.15) is 0 Å². The van der Waals surface area contributed by atoms with Gasteiger partial charge in [-0.05, 0) is 24.8 Å². The van der Waals surface area contributed by atoms with Crippen LogP contribution < -0.4 is 5.32 Å². The van der Waals surface area contributed by atoms with E-state index in [1.54, 1.807) is 0 Å². The lowest BCUT2D eigenvalue weighted by atomic mass is 9.89. The number of nitrogens with zero attached hydrogens (tertiary/aromatic N) is 3. The first-order valence-electron chi connectivity index (χ1n) is 12.0. The third kappa shape index (κ3) is 5.22. The SMILES string of the molecule is CCNC(=O)N1CC[N+]2(CC(=O)N(CCc3ccccc3)[C@@H](C(C)C)C2)[C@@H](C(C)C)C1. The zero-order valence-electron chi connectivity index (χ0n) is 20.0. The summed E-state index contributed by atoms with van der Waals surface area (Å²) >= 11 is 0. The summed E-state index contributed by atoms with van der Waals surface area (Å²) in [6.45, 7) is 16.2. The van der Waals surface area contributed by atoms with Crippen LogP contribution in [0, 0.1) is 11.8 Å². The van der Waals surface area contributed by atoms with E-state index in [0.29, 0.717) is 24.9 Å². The molecule has 1 N–H and O–H groups in total. The Morgan fingerprint density at radius 1 is 1.16 bits per heavy atom. The normalized spacial score (nSPS) is 26.7. The van der Waals surface area contributed by atoms with E-state index < -0.39 is 0 Å². The summed E-state index contributed by atoms with van der Waals surface area (Å²) in [5.74, 6) is 1.09. The monoisotopic (exact) mass is 429 g/mol. The van der Waals surface area contributed by atoms with E-state index in [4.69, 9.17) is 0 Å². The first kappa shape index (κ1) is 23.6. The average Bonchev–Trinajstić information content (AvgIpc) is 2.73. The van der Waals surface area contributed by atoms with Gasteiger partial charge in [-0.15, -0.1) is 0 Å². The van der Waals surface area contributed by atoms with Crippen molar-refractivity contribution in [1.29, 1.82) is 0 Å². The lowest BCUT2D eigenvalue weighted by Crippen LogP contribution is -2.76. The third-order valence-corrected chi connectivity index (χ3v) is 7.29. The van der Waals surface area contributed by atoms with Crippen molar-refractivity contribution in [3.05, 3.63) is 35.9 Å². The van der Waals surface area contributed by atoms with Crippen LogP contribution in [0.2, 0.25) is 0 Å². The lowest BCUT2D eigenvalue weighted by molar-refractivity contribution is -0.956. The fourth-order valence-electron chi connectivity index (χ4n) is 5.53. The predicted molar refractivity (Wildman–Crippen MR) is 125 cm³/mol. The van der Waals surface area contributed by atoms with E-state index >= 15 is 0 Å². The molecule has 0 aliphatic carbocycles. The summed E-state index contributed by atoms with van der Waals surface area (Å²) in [5, 5.41) is 2.95. The average molecular weight is 430 g/mol. The molecule has 2 aliphatic rings. The highest BCUT2D eigenvalue weighted by Gasteiger charge is 2.52. The molecule has 31 heavy (non-hydrogen) atoms. The standard InChI is InChI=1S/C25H40N4O2/c1-6-26-25(31)27-14-15-29(23(16-27)20(4)5)17-22(19(2)3)28(24(30)18-29)13-12-21-10-8-7-9-11-21/h7-11,19-20,22-23H,6,12-18H2,1-5H3/p+1/t22-,23-,29?/m1/s1. The number of hydrogen-bond donors (Lipinski definition) is 1. The van der Waals surface area contributed by atoms with Gasteiger partial charge < -0.3 is 19.6 Å². The van der Waals surface area contributed by atoms with E-state index in [-0.39, 0.29) is 24.0 Å². The van der Waals surface area contributed by atoms with Crippen LogP contribution >= 0.6 is 0 Å². The lowest BCUT2D eigenvalue weighted by Gasteiger charge is -2.57. The van der Waals surface area contributed by atoms with Gasteiger partial charge in [0.1, 0.15) is 12.6 Å². The Bertz CT molecular complexity index is 751. The summed E-state index contributed by atoms with van der Waals surface area (Å²) in [5.41, 5.74) is 1.28. The summed E-state index contributed by atoms with van der Waals surface area (Å²) in [7, 11) is 0. The molecule has 0 bridgehead atoms. The van der Waals surface area contributed by atoms with Crippen molar-refractivity contribution in [2.75, 3.05) is 45.8 Å². The number of urea groups is 1. The highest BCUT2D eigenvalue weighted by molar-refractivity contribution is 5.78. The molecule has 2 saturated heterocycles. The first-order chi connectivity index (χ1) is 14.8. The van der Waals surface area contributed by atoms with Crippen LogP contribution in [-0.4, -0.2) is 84.1 Å². The van der Waals surface area contributed by atoms with E-state index in [2.05, 4.69) is 62.2 Å². The van der Waals surface area contributed by atoms with Gasteiger partial charge >= 0.3 is 6.03 Å². The van der Waals surface area contributed by atoms with Crippen LogP contribution in [0.1, 0.15) is 40.2 Å². The second-order valence-electron chi connectivity index (χ2n) is 10.0.